The van der Waals surface area contributed by atoms with E-state index in [2.05, 4.69) is 29.9 Å². The molecule has 6 rings (SSSR count). The number of rotatable bonds is 6. The third kappa shape index (κ3) is 22.1. The molecular formula is C36H24MoN6O12-6. The Bertz CT molecular complexity index is 1640. The van der Waals surface area contributed by atoms with E-state index in [0.717, 1.165) is 0 Å². The maximum atomic E-state index is 10.0. The van der Waals surface area contributed by atoms with Crippen LogP contribution < -0.4 is 30.6 Å². The smallest absolute Gasteiger partial charge is 0.0899 e. The van der Waals surface area contributed by atoms with Crippen molar-refractivity contribution in [1.29, 1.82) is 0 Å². The van der Waals surface area contributed by atoms with E-state index in [1.54, 1.807) is 72.8 Å². The quantitative estimate of drug-likeness (QED) is 0.148. The zero-order valence-electron chi connectivity index (χ0n) is 27.8. The van der Waals surface area contributed by atoms with Gasteiger partial charge in [0.15, 0.2) is 0 Å². The maximum absolute atomic E-state index is 10.0. The standard InChI is InChI=1S/6C6H5NO2.Mo/c6*8-6(9)5-3-1-2-4-7-5;/h6*1-4H,(H,8,9);/p-6. The molecule has 6 heterocycles. The fraction of sp³-hybridized carbons (Fsp3) is 0. The van der Waals surface area contributed by atoms with E-state index in [4.69, 9.17) is 0 Å². The number of nitrogens with zero attached hydrogens (tertiary/aromatic N) is 6. The first-order valence-electron chi connectivity index (χ1n) is 14.6. The van der Waals surface area contributed by atoms with E-state index in [9.17, 15) is 59.4 Å². The Morgan fingerprint density at radius 1 is 0.273 bits per heavy atom. The average Bonchev–Trinajstić information content (AvgIpc) is 3.21. The molecule has 0 atom stereocenters. The van der Waals surface area contributed by atoms with Gasteiger partial charge in [0, 0.05) is 58.2 Å². The SMILES string of the molecule is O=C([O-])c1ccccn1.O=C([O-])c1ccccn1.O=C([O-])c1ccccn1.O=C([O-])c1ccccn1.O=C([O-])c1ccccn1.O=C([O-])c1ccccn1.[Mo]. The third-order valence-corrected chi connectivity index (χ3v) is 5.24. The number of aromatic nitrogens is 6. The normalized spacial score (nSPS) is 8.73. The van der Waals surface area contributed by atoms with E-state index in [1.165, 1.54) is 73.6 Å². The van der Waals surface area contributed by atoms with Crippen molar-refractivity contribution in [1.82, 2.24) is 29.9 Å². The molecule has 282 valence electrons. The minimum atomic E-state index is -1.24. The summed E-state index contributed by atoms with van der Waals surface area (Å²) in [4.78, 5) is 81.3. The summed E-state index contributed by atoms with van der Waals surface area (Å²) in [5, 5.41) is 60.2. The van der Waals surface area contributed by atoms with Gasteiger partial charge in [0.05, 0.1) is 70.0 Å². The Morgan fingerprint density at radius 3 is 0.455 bits per heavy atom. The number of hydrogen-bond acceptors (Lipinski definition) is 18. The van der Waals surface area contributed by atoms with E-state index >= 15 is 0 Å². The van der Waals surface area contributed by atoms with Crippen LogP contribution in [-0.4, -0.2) is 65.7 Å². The van der Waals surface area contributed by atoms with Crippen LogP contribution in [0.3, 0.4) is 0 Å². The molecule has 19 heteroatoms. The molecule has 0 aliphatic rings. The van der Waals surface area contributed by atoms with Gasteiger partial charge >= 0.3 is 0 Å². The van der Waals surface area contributed by atoms with Gasteiger partial charge in [-0.05, 0) is 72.8 Å². The maximum Gasteiger partial charge on any atom is 0.0899 e. The number of hydrogen-bond donors (Lipinski definition) is 0. The number of aromatic carboxylic acids is 6. The summed E-state index contributed by atoms with van der Waals surface area (Å²) in [5.41, 5.74) is -0.181. The molecule has 0 N–H and O–H groups in total. The first kappa shape index (κ1) is 47.4. The van der Waals surface area contributed by atoms with Crippen molar-refractivity contribution < 1.29 is 80.5 Å². The molecule has 55 heavy (non-hydrogen) atoms. The van der Waals surface area contributed by atoms with Crippen LogP contribution in [0.5, 0.6) is 0 Å². The van der Waals surface area contributed by atoms with Crippen molar-refractivity contribution in [2.24, 2.45) is 0 Å². The number of carbonyl (C=O) groups excluding carboxylic acids is 6. The van der Waals surface area contributed by atoms with Gasteiger partial charge in [0.25, 0.3) is 0 Å². The van der Waals surface area contributed by atoms with Gasteiger partial charge in [-0.25, -0.2) is 0 Å². The van der Waals surface area contributed by atoms with Crippen LogP contribution in [0.4, 0.5) is 0 Å². The van der Waals surface area contributed by atoms with Crippen LogP contribution in [0.1, 0.15) is 62.9 Å². The van der Waals surface area contributed by atoms with Gasteiger partial charge < -0.3 is 59.4 Å². The molecule has 0 unspecified atom stereocenters. The number of pyridine rings is 6. The monoisotopic (exact) mass is 830 g/mol. The van der Waals surface area contributed by atoms with E-state index in [0.29, 0.717) is 0 Å². The molecule has 0 bridgehead atoms. The molecular weight excluding hydrogens is 804 g/mol. The van der Waals surface area contributed by atoms with Crippen LogP contribution in [0.2, 0.25) is 0 Å². The largest absolute Gasteiger partial charge is 0.543 e. The molecule has 6 aromatic heterocycles. The minimum Gasteiger partial charge on any atom is -0.543 e. The number of carbonyl (C=O) groups is 6. The molecule has 0 amide bonds. The Hall–Kier alpha value is -7.59. The van der Waals surface area contributed by atoms with Crippen molar-refractivity contribution in [3.05, 3.63) is 181 Å². The minimum absolute atomic E-state index is 0. The molecule has 18 nitrogen and oxygen atoms in total. The Kier molecular flexibility index (Phi) is 24.2. The van der Waals surface area contributed by atoms with Crippen molar-refractivity contribution in [3.8, 4) is 0 Å². The summed E-state index contributed by atoms with van der Waals surface area (Å²) in [6, 6.07) is 27.7. The summed E-state index contributed by atoms with van der Waals surface area (Å²) in [7, 11) is 0. The van der Waals surface area contributed by atoms with Crippen LogP contribution in [0.15, 0.2) is 146 Å². The molecule has 0 saturated heterocycles. The van der Waals surface area contributed by atoms with E-state index in [-0.39, 0.29) is 55.2 Å². The van der Waals surface area contributed by atoms with Crippen molar-refractivity contribution >= 4 is 35.8 Å². The molecule has 0 saturated carbocycles. The van der Waals surface area contributed by atoms with Gasteiger partial charge in [-0.1, -0.05) is 36.4 Å². The van der Waals surface area contributed by atoms with Gasteiger partial charge in [0.1, 0.15) is 0 Å². The predicted octanol–water partition coefficient (Wildman–Crippen LogP) is -3.33. The average molecular weight is 829 g/mol. The molecule has 0 fully saturated rings. The number of carboxylic acid groups (broad SMARTS) is 6. The van der Waals surface area contributed by atoms with Crippen molar-refractivity contribution in [2.75, 3.05) is 0 Å². The molecule has 0 spiro atoms. The van der Waals surface area contributed by atoms with E-state index in [1.807, 2.05) is 0 Å². The second kappa shape index (κ2) is 28.0. The topological polar surface area (TPSA) is 318 Å². The molecule has 6 aromatic rings. The molecule has 0 radical (unpaired) electrons. The molecule has 0 aromatic carbocycles. The van der Waals surface area contributed by atoms with Crippen LogP contribution in [-0.2, 0) is 21.1 Å². The fourth-order valence-electron chi connectivity index (χ4n) is 2.90. The van der Waals surface area contributed by atoms with Gasteiger partial charge in [0.2, 0.25) is 0 Å². The summed E-state index contributed by atoms with van der Waals surface area (Å²) < 4.78 is 0. The third-order valence-electron chi connectivity index (χ3n) is 5.24. The second-order valence-electron chi connectivity index (χ2n) is 9.01. The van der Waals surface area contributed by atoms with Gasteiger partial charge in [-0.15, -0.1) is 0 Å². The Balaban J connectivity index is 0.000000634. The fourth-order valence-corrected chi connectivity index (χ4v) is 2.90. The van der Waals surface area contributed by atoms with Crippen molar-refractivity contribution in [3.63, 3.8) is 0 Å². The summed E-state index contributed by atoms with van der Waals surface area (Å²) in [5.74, 6) is -7.44. The summed E-state index contributed by atoms with van der Waals surface area (Å²) in [6.45, 7) is 0. The Labute approximate surface area is 325 Å². The zero-order valence-corrected chi connectivity index (χ0v) is 29.9. The Morgan fingerprint density at radius 2 is 0.400 bits per heavy atom. The molecule has 0 aliphatic carbocycles. The molecule has 0 aliphatic heterocycles. The van der Waals surface area contributed by atoms with Crippen LogP contribution in [0, 0.1) is 0 Å². The first-order valence-corrected chi connectivity index (χ1v) is 14.6. The predicted molar refractivity (Wildman–Crippen MR) is 171 cm³/mol. The second-order valence-corrected chi connectivity index (χ2v) is 9.01. The van der Waals surface area contributed by atoms with Crippen molar-refractivity contribution in [2.45, 2.75) is 0 Å². The number of carboxylic acids is 6. The van der Waals surface area contributed by atoms with Gasteiger partial charge in [-0.2, -0.15) is 0 Å². The summed E-state index contributed by atoms with van der Waals surface area (Å²) >= 11 is 0. The first-order chi connectivity index (χ1) is 25.8. The van der Waals surface area contributed by atoms with Crippen LogP contribution in [0.25, 0.3) is 0 Å². The zero-order chi connectivity index (χ0) is 40.1. The van der Waals surface area contributed by atoms with Crippen LogP contribution >= 0.6 is 0 Å². The van der Waals surface area contributed by atoms with E-state index < -0.39 is 35.8 Å². The summed E-state index contributed by atoms with van der Waals surface area (Å²) in [6.07, 6.45) is 8.45. The van der Waals surface area contributed by atoms with Gasteiger partial charge in [-0.3, -0.25) is 29.9 Å².